The standard InChI is InChI=1S/C23H31NO2S2/c1-15-5-7-19(8-6-15)28(25,26)24-20(22(2,3)4)21(27)23-12-16-9-17(13-23)11-18(10-16)14-23/h5-8,16-18H,9-14H2,1-4H3/b24-20-. The van der Waals surface area contributed by atoms with Crippen molar-refractivity contribution in [1.82, 2.24) is 0 Å². The number of nitrogens with zero attached hydrogens (tertiary/aromatic N) is 1. The van der Waals surface area contributed by atoms with Crippen LogP contribution in [0.3, 0.4) is 0 Å². The average molecular weight is 418 g/mol. The third-order valence-electron chi connectivity index (χ3n) is 6.98. The zero-order chi connectivity index (χ0) is 20.3. The molecule has 0 saturated heterocycles. The molecule has 0 aliphatic heterocycles. The maximum Gasteiger partial charge on any atom is 0.282 e. The van der Waals surface area contributed by atoms with E-state index in [2.05, 4.69) is 4.40 Å². The fraction of sp³-hybridized carbons (Fsp3) is 0.652. The molecule has 0 radical (unpaired) electrons. The molecule has 4 bridgehead atoms. The highest BCUT2D eigenvalue weighted by atomic mass is 32.2. The van der Waals surface area contributed by atoms with E-state index in [1.807, 2.05) is 39.8 Å². The van der Waals surface area contributed by atoms with Crippen LogP contribution in [0.2, 0.25) is 0 Å². The fourth-order valence-electron chi connectivity index (χ4n) is 6.04. The van der Waals surface area contributed by atoms with Gasteiger partial charge in [-0.05, 0) is 75.3 Å². The molecule has 1 aromatic carbocycles. The van der Waals surface area contributed by atoms with Crippen LogP contribution in [-0.2, 0) is 10.0 Å². The van der Waals surface area contributed by atoms with E-state index < -0.39 is 15.4 Å². The second-order valence-corrected chi connectivity index (χ2v) is 12.5. The summed E-state index contributed by atoms with van der Waals surface area (Å²) < 4.78 is 30.6. The molecule has 5 rings (SSSR count). The van der Waals surface area contributed by atoms with Crippen LogP contribution in [0.5, 0.6) is 0 Å². The Morgan fingerprint density at radius 1 is 1.00 bits per heavy atom. The van der Waals surface area contributed by atoms with Crippen LogP contribution in [0, 0.1) is 35.5 Å². The number of hydrogen-bond acceptors (Lipinski definition) is 3. The van der Waals surface area contributed by atoms with Gasteiger partial charge in [0, 0.05) is 15.7 Å². The maximum atomic E-state index is 13.1. The lowest BCUT2D eigenvalue weighted by atomic mass is 9.48. The first kappa shape index (κ1) is 20.2. The Morgan fingerprint density at radius 2 is 1.46 bits per heavy atom. The molecule has 4 aliphatic carbocycles. The van der Waals surface area contributed by atoms with Gasteiger partial charge in [0.2, 0.25) is 0 Å². The zero-order valence-electron chi connectivity index (χ0n) is 17.4. The number of aryl methyl sites for hydroxylation is 1. The number of thiocarbonyl (C=S) groups is 1. The van der Waals surface area contributed by atoms with Gasteiger partial charge in [-0.25, -0.2) is 0 Å². The minimum Gasteiger partial charge on any atom is -0.199 e. The first-order valence-corrected chi connectivity index (χ1v) is 12.3. The Morgan fingerprint density at radius 3 is 1.89 bits per heavy atom. The molecule has 0 amide bonds. The Labute approximate surface area is 175 Å². The van der Waals surface area contributed by atoms with E-state index in [4.69, 9.17) is 12.2 Å². The predicted molar refractivity (Wildman–Crippen MR) is 118 cm³/mol. The normalized spacial score (nSPS) is 32.6. The summed E-state index contributed by atoms with van der Waals surface area (Å²) in [5, 5.41) is 0. The van der Waals surface area contributed by atoms with Crippen molar-refractivity contribution in [2.75, 3.05) is 0 Å². The van der Waals surface area contributed by atoms with E-state index in [-0.39, 0.29) is 10.3 Å². The van der Waals surface area contributed by atoms with Gasteiger partial charge in [-0.1, -0.05) is 50.7 Å². The number of benzene rings is 1. The lowest BCUT2D eigenvalue weighted by Crippen LogP contribution is -2.52. The van der Waals surface area contributed by atoms with Crippen LogP contribution in [0.1, 0.15) is 64.9 Å². The van der Waals surface area contributed by atoms with Gasteiger partial charge in [-0.3, -0.25) is 0 Å². The molecule has 152 valence electrons. The van der Waals surface area contributed by atoms with E-state index in [0.29, 0.717) is 5.71 Å². The topological polar surface area (TPSA) is 46.5 Å². The highest BCUT2D eigenvalue weighted by Crippen LogP contribution is 2.61. The fourth-order valence-corrected chi connectivity index (χ4v) is 7.89. The molecule has 4 fully saturated rings. The van der Waals surface area contributed by atoms with E-state index in [1.54, 1.807) is 12.1 Å². The molecule has 0 atom stereocenters. The molecule has 4 aliphatic rings. The van der Waals surface area contributed by atoms with Gasteiger partial charge in [0.1, 0.15) is 0 Å². The summed E-state index contributed by atoms with van der Waals surface area (Å²) in [6, 6.07) is 6.91. The lowest BCUT2D eigenvalue weighted by molar-refractivity contribution is -0.0102. The summed E-state index contributed by atoms with van der Waals surface area (Å²) in [5.41, 5.74) is 1.21. The summed E-state index contributed by atoms with van der Waals surface area (Å²) in [4.78, 5) is 1.07. The predicted octanol–water partition coefficient (Wildman–Crippen LogP) is 5.76. The van der Waals surface area contributed by atoms with Crippen molar-refractivity contribution in [3.8, 4) is 0 Å². The van der Waals surface area contributed by atoms with Crippen LogP contribution in [-0.4, -0.2) is 19.0 Å². The highest BCUT2D eigenvalue weighted by molar-refractivity contribution is 7.90. The minimum absolute atomic E-state index is 0.0149. The molecule has 28 heavy (non-hydrogen) atoms. The summed E-state index contributed by atoms with van der Waals surface area (Å²) in [5.74, 6) is 2.29. The van der Waals surface area contributed by atoms with E-state index in [9.17, 15) is 8.42 Å². The smallest absolute Gasteiger partial charge is 0.199 e. The van der Waals surface area contributed by atoms with Gasteiger partial charge < -0.3 is 0 Å². The minimum atomic E-state index is -3.78. The summed E-state index contributed by atoms with van der Waals surface area (Å²) >= 11 is 6.06. The summed E-state index contributed by atoms with van der Waals surface area (Å²) in [7, 11) is -3.78. The highest BCUT2D eigenvalue weighted by Gasteiger charge is 2.54. The second-order valence-electron chi connectivity index (χ2n) is 10.5. The van der Waals surface area contributed by atoms with Gasteiger partial charge in [0.25, 0.3) is 10.0 Å². The number of sulfonamides is 1. The molecule has 0 aromatic heterocycles. The van der Waals surface area contributed by atoms with E-state index in [1.165, 1.54) is 19.3 Å². The second kappa shape index (κ2) is 6.73. The van der Waals surface area contributed by atoms with Crippen molar-refractivity contribution in [1.29, 1.82) is 0 Å². The molecule has 0 heterocycles. The Balaban J connectivity index is 1.74. The molecular weight excluding hydrogens is 386 g/mol. The van der Waals surface area contributed by atoms with Crippen molar-refractivity contribution in [2.24, 2.45) is 33.0 Å². The lowest BCUT2D eigenvalue weighted by Gasteiger charge is -2.57. The maximum absolute atomic E-state index is 13.1. The molecule has 1 aromatic rings. The van der Waals surface area contributed by atoms with Gasteiger partial charge in [0.05, 0.1) is 10.6 Å². The third-order valence-corrected chi connectivity index (χ3v) is 8.89. The molecule has 0 unspecified atom stereocenters. The van der Waals surface area contributed by atoms with Crippen molar-refractivity contribution in [2.45, 2.75) is 71.1 Å². The molecule has 0 N–H and O–H groups in total. The van der Waals surface area contributed by atoms with Gasteiger partial charge >= 0.3 is 0 Å². The van der Waals surface area contributed by atoms with Crippen LogP contribution >= 0.6 is 12.2 Å². The Hall–Kier alpha value is -1.07. The van der Waals surface area contributed by atoms with Crippen molar-refractivity contribution in [3.63, 3.8) is 0 Å². The van der Waals surface area contributed by atoms with Gasteiger partial charge in [-0.2, -0.15) is 12.8 Å². The third kappa shape index (κ3) is 3.60. The van der Waals surface area contributed by atoms with Crippen molar-refractivity contribution in [3.05, 3.63) is 29.8 Å². The van der Waals surface area contributed by atoms with E-state index >= 15 is 0 Å². The summed E-state index contributed by atoms with van der Waals surface area (Å²) in [6.45, 7) is 8.04. The molecule has 0 spiro atoms. The number of hydrogen-bond donors (Lipinski definition) is 0. The van der Waals surface area contributed by atoms with Crippen LogP contribution < -0.4 is 0 Å². The summed E-state index contributed by atoms with van der Waals surface area (Å²) in [6.07, 6.45) is 7.38. The average Bonchev–Trinajstić information content (AvgIpc) is 2.57. The van der Waals surface area contributed by atoms with Gasteiger partial charge in [-0.15, -0.1) is 0 Å². The van der Waals surface area contributed by atoms with Crippen molar-refractivity contribution < 1.29 is 8.42 Å². The van der Waals surface area contributed by atoms with E-state index in [0.717, 1.165) is 47.4 Å². The van der Waals surface area contributed by atoms with Gasteiger partial charge in [0.15, 0.2) is 0 Å². The zero-order valence-corrected chi connectivity index (χ0v) is 19.0. The quantitative estimate of drug-likeness (QED) is 0.462. The Bertz CT molecular complexity index is 885. The van der Waals surface area contributed by atoms with Crippen LogP contribution in [0.15, 0.2) is 33.6 Å². The van der Waals surface area contributed by atoms with Crippen molar-refractivity contribution >= 4 is 32.8 Å². The monoisotopic (exact) mass is 417 g/mol. The Kier molecular flexibility index (Phi) is 4.86. The first-order chi connectivity index (χ1) is 13.0. The number of rotatable bonds is 4. The van der Waals surface area contributed by atoms with Crippen LogP contribution in [0.25, 0.3) is 0 Å². The van der Waals surface area contributed by atoms with Crippen LogP contribution in [0.4, 0.5) is 0 Å². The SMILES string of the molecule is Cc1ccc(S(=O)(=O)/N=C(/C(=S)C23CC4CC(CC(C4)C2)C3)C(C)(C)C)cc1. The largest absolute Gasteiger partial charge is 0.282 e. The molecule has 5 heteroatoms. The molecular formula is C23H31NO2S2. The molecule has 4 saturated carbocycles. The molecule has 3 nitrogen and oxygen atoms in total. The first-order valence-electron chi connectivity index (χ1n) is 10.5.